The van der Waals surface area contributed by atoms with Gasteiger partial charge in [-0.15, -0.1) is 0 Å². The van der Waals surface area contributed by atoms with Crippen LogP contribution in [-0.4, -0.2) is 75.7 Å². The summed E-state index contributed by atoms with van der Waals surface area (Å²) in [6.07, 6.45) is -0.00347. The molecule has 2 aromatic rings. The number of hydrogen-bond acceptors (Lipinski definition) is 8. The quantitative estimate of drug-likeness (QED) is 0.361. The zero-order valence-electron chi connectivity index (χ0n) is 23.5. The lowest BCUT2D eigenvalue weighted by Crippen LogP contribution is -2.43. The summed E-state index contributed by atoms with van der Waals surface area (Å²) in [5, 5.41) is 11.5. The van der Waals surface area contributed by atoms with Crippen molar-refractivity contribution >= 4 is 16.0 Å². The summed E-state index contributed by atoms with van der Waals surface area (Å²) in [5.41, 5.74) is 0.947. The highest BCUT2D eigenvalue weighted by atomic mass is 32.2. The number of fused-ring (bicyclic) bond motifs is 1. The molecule has 9 nitrogen and oxygen atoms in total. The molecule has 40 heavy (non-hydrogen) atoms. The first-order valence-electron chi connectivity index (χ1n) is 14.0. The van der Waals surface area contributed by atoms with E-state index in [9.17, 15) is 18.3 Å². The van der Waals surface area contributed by atoms with Gasteiger partial charge in [-0.25, -0.2) is 8.42 Å². The van der Waals surface area contributed by atoms with Crippen LogP contribution in [0.4, 0.5) is 0 Å². The van der Waals surface area contributed by atoms with Gasteiger partial charge in [-0.2, -0.15) is 4.31 Å². The van der Waals surface area contributed by atoms with Gasteiger partial charge in [0, 0.05) is 31.3 Å². The number of methoxy groups -OCH3 is 1. The van der Waals surface area contributed by atoms with E-state index < -0.39 is 28.0 Å². The number of carbonyl (C=O) groups is 1. The Kier molecular flexibility index (Phi) is 10.6. The van der Waals surface area contributed by atoms with Crippen molar-refractivity contribution in [2.45, 2.75) is 62.9 Å². The van der Waals surface area contributed by atoms with Crippen LogP contribution in [0.1, 0.15) is 38.7 Å². The fraction of sp³-hybridized carbons (Fsp3) is 0.567. The maximum atomic E-state index is 13.6. The van der Waals surface area contributed by atoms with Crippen molar-refractivity contribution in [1.82, 2.24) is 4.31 Å². The number of sulfonamides is 1. The Morgan fingerprint density at radius 1 is 1.02 bits per heavy atom. The first-order chi connectivity index (χ1) is 19.2. The SMILES string of the molecule is COc1ccc(S(=O)(=O)N(CC(C)C)C[C@@H](O)[C@@H](CC(=O)O[C@@H]2CCO[C@@H]3OCC[C@@H]32)Cc2ccccc2)cc1. The fourth-order valence-electron chi connectivity index (χ4n) is 5.40. The van der Waals surface area contributed by atoms with Crippen LogP contribution < -0.4 is 4.74 Å². The normalized spacial score (nSPS) is 22.6. The molecule has 5 atom stereocenters. The molecule has 2 aliphatic rings. The molecular formula is C30H41NO8S. The molecule has 2 fully saturated rings. The lowest BCUT2D eigenvalue weighted by atomic mass is 9.90. The third kappa shape index (κ3) is 7.82. The van der Waals surface area contributed by atoms with Gasteiger partial charge < -0.3 is 24.1 Å². The van der Waals surface area contributed by atoms with Crippen molar-refractivity contribution in [3.05, 3.63) is 60.2 Å². The molecule has 2 aliphatic heterocycles. The van der Waals surface area contributed by atoms with Gasteiger partial charge in [0.2, 0.25) is 10.0 Å². The number of nitrogens with zero attached hydrogens (tertiary/aromatic N) is 1. The van der Waals surface area contributed by atoms with Crippen LogP contribution in [0.2, 0.25) is 0 Å². The molecule has 0 aliphatic carbocycles. The van der Waals surface area contributed by atoms with Gasteiger partial charge in [-0.05, 0) is 48.6 Å². The largest absolute Gasteiger partial charge is 0.497 e. The van der Waals surface area contributed by atoms with E-state index in [-0.39, 0.29) is 48.6 Å². The molecule has 0 unspecified atom stereocenters. The third-order valence-electron chi connectivity index (χ3n) is 7.50. The van der Waals surface area contributed by atoms with Crippen LogP contribution in [0.5, 0.6) is 5.75 Å². The molecule has 220 valence electrons. The highest BCUT2D eigenvalue weighted by Gasteiger charge is 2.41. The second kappa shape index (κ2) is 13.9. The van der Waals surface area contributed by atoms with E-state index in [0.717, 1.165) is 12.0 Å². The van der Waals surface area contributed by atoms with Crippen LogP contribution in [0.15, 0.2) is 59.5 Å². The Hall–Kier alpha value is -2.50. The number of carbonyl (C=O) groups excluding carboxylic acids is 1. The zero-order chi connectivity index (χ0) is 28.7. The topological polar surface area (TPSA) is 112 Å². The van der Waals surface area contributed by atoms with Crippen LogP contribution >= 0.6 is 0 Å². The van der Waals surface area contributed by atoms with E-state index in [4.69, 9.17) is 18.9 Å². The summed E-state index contributed by atoms with van der Waals surface area (Å²) in [5.74, 6) is -0.382. The van der Waals surface area contributed by atoms with E-state index in [1.54, 1.807) is 12.1 Å². The number of aliphatic hydroxyl groups excluding tert-OH is 1. The number of benzene rings is 2. The number of esters is 1. The molecule has 1 N–H and O–H groups in total. The molecule has 0 bridgehead atoms. The van der Waals surface area contributed by atoms with Crippen LogP contribution in [0, 0.1) is 17.8 Å². The van der Waals surface area contributed by atoms with Gasteiger partial charge in [-0.3, -0.25) is 4.79 Å². The second-order valence-corrected chi connectivity index (χ2v) is 12.9. The van der Waals surface area contributed by atoms with Gasteiger partial charge in [0.1, 0.15) is 11.9 Å². The Morgan fingerprint density at radius 3 is 2.35 bits per heavy atom. The van der Waals surface area contributed by atoms with E-state index in [2.05, 4.69) is 0 Å². The van der Waals surface area contributed by atoms with Crippen LogP contribution in [0.3, 0.4) is 0 Å². The van der Waals surface area contributed by atoms with Crippen molar-refractivity contribution in [2.24, 2.45) is 17.8 Å². The summed E-state index contributed by atoms with van der Waals surface area (Å²) < 4.78 is 50.9. The third-order valence-corrected chi connectivity index (χ3v) is 9.34. The molecule has 4 rings (SSSR count). The Labute approximate surface area is 237 Å². The highest BCUT2D eigenvalue weighted by molar-refractivity contribution is 7.89. The summed E-state index contributed by atoms with van der Waals surface area (Å²) in [6.45, 7) is 4.97. The molecule has 0 amide bonds. The fourth-order valence-corrected chi connectivity index (χ4v) is 7.02. The average Bonchev–Trinajstić information content (AvgIpc) is 3.43. The highest BCUT2D eigenvalue weighted by Crippen LogP contribution is 2.33. The smallest absolute Gasteiger partial charge is 0.306 e. The predicted molar refractivity (Wildman–Crippen MR) is 149 cm³/mol. The zero-order valence-corrected chi connectivity index (χ0v) is 24.3. The van der Waals surface area contributed by atoms with Crippen molar-refractivity contribution in [2.75, 3.05) is 33.4 Å². The molecule has 0 saturated carbocycles. The second-order valence-electron chi connectivity index (χ2n) is 11.0. The minimum atomic E-state index is -3.91. The van der Waals surface area contributed by atoms with E-state index >= 15 is 0 Å². The Balaban J connectivity index is 1.51. The Morgan fingerprint density at radius 2 is 1.70 bits per heavy atom. The number of rotatable bonds is 13. The van der Waals surface area contributed by atoms with Crippen LogP contribution in [0.25, 0.3) is 0 Å². The van der Waals surface area contributed by atoms with Crippen molar-refractivity contribution < 1.29 is 37.3 Å². The Bertz CT molecular complexity index is 1190. The molecule has 2 aromatic carbocycles. The number of ether oxygens (including phenoxy) is 4. The van der Waals surface area contributed by atoms with Crippen LogP contribution in [-0.2, 0) is 35.4 Å². The first-order valence-corrected chi connectivity index (χ1v) is 15.4. The van der Waals surface area contributed by atoms with Gasteiger partial charge in [0.25, 0.3) is 0 Å². The van der Waals surface area contributed by atoms with Crippen molar-refractivity contribution in [3.63, 3.8) is 0 Å². The van der Waals surface area contributed by atoms with Crippen molar-refractivity contribution in [1.29, 1.82) is 0 Å². The summed E-state index contributed by atoms with van der Waals surface area (Å²) in [4.78, 5) is 13.3. The number of hydrogen-bond donors (Lipinski definition) is 1. The predicted octanol–water partition coefficient (Wildman–Crippen LogP) is 3.65. The monoisotopic (exact) mass is 575 g/mol. The molecule has 2 heterocycles. The lowest BCUT2D eigenvalue weighted by Gasteiger charge is -2.33. The molecule has 0 aromatic heterocycles. The van der Waals surface area contributed by atoms with E-state index in [1.807, 2.05) is 44.2 Å². The summed E-state index contributed by atoms with van der Waals surface area (Å²) in [7, 11) is -2.39. The van der Waals surface area contributed by atoms with E-state index in [1.165, 1.54) is 23.5 Å². The molecule has 0 spiro atoms. The summed E-state index contributed by atoms with van der Waals surface area (Å²) >= 11 is 0. The van der Waals surface area contributed by atoms with Gasteiger partial charge in [0.15, 0.2) is 6.29 Å². The summed E-state index contributed by atoms with van der Waals surface area (Å²) in [6, 6.07) is 15.8. The minimum absolute atomic E-state index is 0.00590. The standard InChI is InChI=1S/C30H41NO8S/c1-21(2)19-31(40(34,35)25-11-9-24(36-3)10-12-25)20-27(32)23(17-22-7-5-4-6-8-22)18-29(33)39-28-14-16-38-30-26(28)13-15-37-30/h4-12,21,23,26-28,30,32H,13-20H2,1-3H3/t23-,26-,27-,28-,30+/m1/s1. The van der Waals surface area contributed by atoms with Gasteiger partial charge in [0.05, 0.1) is 37.7 Å². The maximum Gasteiger partial charge on any atom is 0.306 e. The molecule has 2 saturated heterocycles. The van der Waals surface area contributed by atoms with Gasteiger partial charge in [-0.1, -0.05) is 44.2 Å². The maximum absolute atomic E-state index is 13.6. The minimum Gasteiger partial charge on any atom is -0.497 e. The number of aliphatic hydroxyl groups is 1. The molecular weight excluding hydrogens is 534 g/mol. The molecule has 10 heteroatoms. The molecule has 0 radical (unpaired) electrons. The first kappa shape index (κ1) is 30.5. The lowest BCUT2D eigenvalue weighted by molar-refractivity contribution is -0.195. The van der Waals surface area contributed by atoms with Gasteiger partial charge >= 0.3 is 5.97 Å². The average molecular weight is 576 g/mol. The van der Waals surface area contributed by atoms with E-state index in [0.29, 0.717) is 31.8 Å². The van der Waals surface area contributed by atoms with Crippen molar-refractivity contribution in [3.8, 4) is 5.75 Å².